The molecule has 0 aliphatic carbocycles. The second-order valence-corrected chi connectivity index (χ2v) is 11.4. The summed E-state index contributed by atoms with van der Waals surface area (Å²) < 4.78 is 5.63. The average molecular weight is 547 g/mol. The third-order valence-electron chi connectivity index (χ3n) is 7.69. The molecule has 1 N–H and O–H groups in total. The van der Waals surface area contributed by atoms with Gasteiger partial charge in [0.2, 0.25) is 0 Å². The van der Waals surface area contributed by atoms with E-state index in [1.54, 1.807) is 45.0 Å². The third kappa shape index (κ3) is 4.48. The molecule has 0 radical (unpaired) electrons. The molecule has 5 rings (SSSR count). The van der Waals surface area contributed by atoms with Crippen LogP contribution in [0.4, 0.5) is 10.5 Å². The third-order valence-corrected chi connectivity index (χ3v) is 7.69. The minimum absolute atomic E-state index is 0.200. The highest BCUT2D eigenvalue weighted by atomic mass is 16.6. The van der Waals surface area contributed by atoms with E-state index in [0.717, 1.165) is 26.7 Å². The number of allylic oxidation sites excluding steroid dienone is 1. The SMILES string of the molecule is Cc1ccc([C@H]2[C@H](c3ccccc3)[C@@H](C=C(C#N)C#N)[C@]3(C(=O)N(C(=O)OC(C)(C)C)c4ccccc43)N2O)cc1. The second-order valence-electron chi connectivity index (χ2n) is 11.4. The predicted molar refractivity (Wildman–Crippen MR) is 151 cm³/mol. The number of rotatable bonds is 3. The summed E-state index contributed by atoms with van der Waals surface area (Å²) in [5, 5.41) is 32.9. The zero-order valence-corrected chi connectivity index (χ0v) is 23.3. The molecule has 8 heteroatoms. The van der Waals surface area contributed by atoms with E-state index >= 15 is 0 Å². The number of aryl methyl sites for hydroxylation is 1. The van der Waals surface area contributed by atoms with E-state index in [2.05, 4.69) is 0 Å². The minimum atomic E-state index is -1.84. The first-order valence-corrected chi connectivity index (χ1v) is 13.3. The van der Waals surface area contributed by atoms with Gasteiger partial charge in [-0.1, -0.05) is 78.4 Å². The molecule has 0 unspecified atom stereocenters. The Morgan fingerprint density at radius 2 is 1.56 bits per heavy atom. The Morgan fingerprint density at radius 1 is 0.951 bits per heavy atom. The van der Waals surface area contributed by atoms with Crippen LogP contribution in [0, 0.1) is 35.5 Å². The van der Waals surface area contributed by atoms with Crippen LogP contribution < -0.4 is 4.90 Å². The maximum absolute atomic E-state index is 14.7. The van der Waals surface area contributed by atoms with Gasteiger partial charge in [-0.25, -0.2) is 9.69 Å². The van der Waals surface area contributed by atoms with Gasteiger partial charge in [-0.3, -0.25) is 4.79 Å². The zero-order valence-electron chi connectivity index (χ0n) is 23.3. The fourth-order valence-corrected chi connectivity index (χ4v) is 6.08. The smallest absolute Gasteiger partial charge is 0.421 e. The Bertz CT molecular complexity index is 1600. The number of ether oxygens (including phenoxy) is 1. The number of anilines is 1. The zero-order chi connectivity index (χ0) is 29.5. The summed E-state index contributed by atoms with van der Waals surface area (Å²) in [4.78, 5) is 29.2. The molecule has 206 valence electrons. The van der Waals surface area contributed by atoms with Crippen LogP contribution in [0.15, 0.2) is 90.5 Å². The topological polar surface area (TPSA) is 118 Å². The summed E-state index contributed by atoms with van der Waals surface area (Å²) in [5.41, 5.74) is 0.277. The lowest BCUT2D eigenvalue weighted by Crippen LogP contribution is -2.53. The van der Waals surface area contributed by atoms with Crippen LogP contribution in [-0.2, 0) is 15.1 Å². The molecule has 2 aliphatic rings. The Morgan fingerprint density at radius 3 is 2.17 bits per heavy atom. The van der Waals surface area contributed by atoms with Gasteiger partial charge in [-0.05, 0) is 51.0 Å². The van der Waals surface area contributed by atoms with Gasteiger partial charge in [-0.2, -0.15) is 15.6 Å². The van der Waals surface area contributed by atoms with Gasteiger partial charge in [0.05, 0.1) is 11.7 Å². The first-order chi connectivity index (χ1) is 19.5. The number of fused-ring (bicyclic) bond motifs is 2. The van der Waals surface area contributed by atoms with Crippen LogP contribution in [0.1, 0.15) is 55.0 Å². The largest absolute Gasteiger partial charge is 0.443 e. The van der Waals surface area contributed by atoms with E-state index < -0.39 is 41.0 Å². The van der Waals surface area contributed by atoms with Crippen molar-refractivity contribution in [2.45, 2.75) is 50.8 Å². The van der Waals surface area contributed by atoms with Crippen molar-refractivity contribution in [3.63, 3.8) is 0 Å². The summed E-state index contributed by atoms with van der Waals surface area (Å²) in [6.45, 7) is 7.07. The van der Waals surface area contributed by atoms with E-state index in [1.807, 2.05) is 73.7 Å². The highest BCUT2D eigenvalue weighted by Gasteiger charge is 2.69. The van der Waals surface area contributed by atoms with Crippen molar-refractivity contribution in [2.24, 2.45) is 5.92 Å². The van der Waals surface area contributed by atoms with Crippen molar-refractivity contribution in [2.75, 3.05) is 4.90 Å². The molecule has 1 spiro atoms. The van der Waals surface area contributed by atoms with Gasteiger partial charge in [0.15, 0.2) is 5.54 Å². The van der Waals surface area contributed by atoms with E-state index in [-0.39, 0.29) is 11.3 Å². The van der Waals surface area contributed by atoms with Crippen LogP contribution in [0.2, 0.25) is 0 Å². The number of carbonyl (C=O) groups excluding carboxylic acids is 2. The number of para-hydroxylation sites is 1. The van der Waals surface area contributed by atoms with Crippen molar-refractivity contribution in [1.29, 1.82) is 10.5 Å². The van der Waals surface area contributed by atoms with Gasteiger partial charge < -0.3 is 9.94 Å². The lowest BCUT2D eigenvalue weighted by Gasteiger charge is -2.35. The molecule has 2 amide bonds. The van der Waals surface area contributed by atoms with E-state index in [1.165, 1.54) is 6.08 Å². The second kappa shape index (κ2) is 10.3. The van der Waals surface area contributed by atoms with Gasteiger partial charge in [0.1, 0.15) is 23.3 Å². The normalized spacial score (nSPS) is 23.5. The number of amides is 2. The molecule has 8 nitrogen and oxygen atoms in total. The summed E-state index contributed by atoms with van der Waals surface area (Å²) >= 11 is 0. The van der Waals surface area contributed by atoms with Crippen LogP contribution in [0.5, 0.6) is 0 Å². The number of hydrogen-bond acceptors (Lipinski definition) is 7. The molecule has 2 aliphatic heterocycles. The Hall–Kier alpha value is -4.76. The van der Waals surface area contributed by atoms with Crippen molar-refractivity contribution in [3.8, 4) is 12.1 Å². The Labute approximate surface area is 239 Å². The summed E-state index contributed by atoms with van der Waals surface area (Å²) in [6.07, 6.45) is 0.585. The van der Waals surface area contributed by atoms with Gasteiger partial charge in [0, 0.05) is 17.4 Å². The molecule has 41 heavy (non-hydrogen) atoms. The quantitative estimate of drug-likeness (QED) is 0.384. The van der Waals surface area contributed by atoms with Crippen LogP contribution in [0.3, 0.4) is 0 Å². The monoisotopic (exact) mass is 546 g/mol. The van der Waals surface area contributed by atoms with Crippen LogP contribution >= 0.6 is 0 Å². The minimum Gasteiger partial charge on any atom is -0.443 e. The molecule has 1 saturated heterocycles. The molecule has 1 fully saturated rings. The Kier molecular flexibility index (Phi) is 7.00. The fourth-order valence-electron chi connectivity index (χ4n) is 6.08. The standard InChI is InChI=1S/C33H30N4O4/c1-21-14-16-24(17-15-21)29-28(23-10-6-5-7-11-23)26(18-22(19-34)20-35)33(37(29)40)25-12-8-9-13-27(25)36(30(33)38)31(39)41-32(2,3)4/h5-18,26,28-29,40H,1-4H3/t26-,28-,29+,33-/m1/s1. The van der Waals surface area contributed by atoms with Crippen molar-refractivity contribution in [1.82, 2.24) is 5.06 Å². The maximum Gasteiger partial charge on any atom is 0.421 e. The van der Waals surface area contributed by atoms with E-state index in [4.69, 9.17) is 4.74 Å². The number of hydroxylamine groups is 2. The molecular formula is C33H30N4O4. The highest BCUT2D eigenvalue weighted by Crippen LogP contribution is 2.63. The first-order valence-electron chi connectivity index (χ1n) is 13.3. The molecule has 0 bridgehead atoms. The summed E-state index contributed by atoms with van der Waals surface area (Å²) in [5.74, 6) is -2.23. The number of hydrogen-bond donors (Lipinski definition) is 1. The molecule has 3 aromatic carbocycles. The van der Waals surface area contributed by atoms with Gasteiger partial charge >= 0.3 is 6.09 Å². The summed E-state index contributed by atoms with van der Waals surface area (Å²) in [7, 11) is 0. The van der Waals surface area contributed by atoms with Crippen molar-refractivity contribution >= 4 is 17.7 Å². The van der Waals surface area contributed by atoms with Crippen LogP contribution in [-0.4, -0.2) is 27.9 Å². The number of benzene rings is 3. The molecule has 4 atom stereocenters. The number of nitriles is 2. The molecular weight excluding hydrogens is 516 g/mol. The number of carbonyl (C=O) groups is 2. The van der Waals surface area contributed by atoms with Crippen molar-refractivity contribution in [3.05, 3.63) is 113 Å². The lowest BCUT2D eigenvalue weighted by molar-refractivity contribution is -0.189. The number of nitrogens with zero attached hydrogens (tertiary/aromatic N) is 4. The predicted octanol–water partition coefficient (Wildman–Crippen LogP) is 6.29. The van der Waals surface area contributed by atoms with E-state index in [9.17, 15) is 25.3 Å². The Balaban J connectivity index is 1.84. The lowest BCUT2D eigenvalue weighted by atomic mass is 9.71. The molecule has 0 saturated carbocycles. The van der Waals surface area contributed by atoms with Crippen LogP contribution in [0.25, 0.3) is 0 Å². The highest BCUT2D eigenvalue weighted by molar-refractivity contribution is 6.21. The maximum atomic E-state index is 14.7. The first kappa shape index (κ1) is 27.8. The molecule has 3 aromatic rings. The molecule has 2 heterocycles. The summed E-state index contributed by atoms with van der Waals surface area (Å²) in [6, 6.07) is 26.9. The fraction of sp³-hybridized carbons (Fsp3) is 0.273. The van der Waals surface area contributed by atoms with Crippen molar-refractivity contribution < 1.29 is 19.5 Å². The van der Waals surface area contributed by atoms with Gasteiger partial charge in [-0.15, -0.1) is 0 Å². The molecule has 0 aromatic heterocycles. The number of imide groups is 1. The average Bonchev–Trinajstić information content (AvgIpc) is 3.36. The van der Waals surface area contributed by atoms with Gasteiger partial charge in [0.25, 0.3) is 5.91 Å². The van der Waals surface area contributed by atoms with E-state index in [0.29, 0.717) is 5.56 Å².